The molecule has 3 aromatic carbocycles. The fourth-order valence-electron chi connectivity index (χ4n) is 2.54. The number of hydrogen-bond donors (Lipinski definition) is 0. The molecule has 0 aliphatic heterocycles. The van der Waals surface area contributed by atoms with Crippen molar-refractivity contribution in [1.29, 1.82) is 0 Å². The standard InChI is InChI=1S/C12H4N2O5/c15-11-5-1-3-7-10-8(14(18)19-13(7)17)4-2-6(9(5)10)12(11)16/h1-4H/q-2. The molecule has 0 fully saturated rings. The summed E-state index contributed by atoms with van der Waals surface area (Å²) in [5, 5.41) is 24.2. The molecule has 7 nitrogen and oxygen atoms in total. The molecule has 0 aliphatic carbocycles. The smallest absolute Gasteiger partial charge is 0.234 e. The predicted molar refractivity (Wildman–Crippen MR) is 68.5 cm³/mol. The van der Waals surface area contributed by atoms with Crippen LogP contribution in [0.3, 0.4) is 0 Å². The second kappa shape index (κ2) is 2.89. The maximum atomic E-state index is 11.8. The molecule has 1 aromatic heterocycles. The summed E-state index contributed by atoms with van der Waals surface area (Å²) in [5.74, 6) is 0. The summed E-state index contributed by atoms with van der Waals surface area (Å²) in [5.41, 5.74) is -1.05. The van der Waals surface area contributed by atoms with Crippen LogP contribution in [0.1, 0.15) is 0 Å². The summed E-state index contributed by atoms with van der Waals surface area (Å²) < 4.78 is 4.44. The Morgan fingerprint density at radius 2 is 1.26 bits per heavy atom. The summed E-state index contributed by atoms with van der Waals surface area (Å²) in [7, 11) is 0. The van der Waals surface area contributed by atoms with E-state index in [2.05, 4.69) is 4.63 Å². The lowest BCUT2D eigenvalue weighted by molar-refractivity contribution is 0.196. The number of benzene rings is 2. The number of aromatic nitrogens is 2. The molecule has 0 saturated carbocycles. The summed E-state index contributed by atoms with van der Waals surface area (Å²) >= 11 is 0. The molecule has 0 radical (unpaired) electrons. The summed E-state index contributed by atoms with van der Waals surface area (Å²) in [4.78, 5) is 23.7. The van der Waals surface area contributed by atoms with E-state index in [0.717, 1.165) is 0 Å². The Labute approximate surface area is 103 Å². The molecule has 7 heteroatoms. The summed E-state index contributed by atoms with van der Waals surface area (Å²) in [6.07, 6.45) is 0. The second-order valence-corrected chi connectivity index (χ2v) is 4.27. The minimum atomic E-state index is -0.625. The Kier molecular flexibility index (Phi) is 1.52. The van der Waals surface area contributed by atoms with Crippen molar-refractivity contribution < 1.29 is 4.63 Å². The van der Waals surface area contributed by atoms with Crippen LogP contribution in [0.2, 0.25) is 0 Å². The van der Waals surface area contributed by atoms with E-state index >= 15 is 0 Å². The topological polar surface area (TPSA) is 103 Å². The van der Waals surface area contributed by atoms with E-state index in [-0.39, 0.29) is 37.0 Å². The van der Waals surface area contributed by atoms with Crippen molar-refractivity contribution in [3.63, 3.8) is 0 Å². The SMILES string of the molecule is O=c1c(=O)c2ccc3c4c2c1ccc4n([O-])on3[O-]. The van der Waals surface area contributed by atoms with Crippen molar-refractivity contribution in [2.75, 3.05) is 0 Å². The van der Waals surface area contributed by atoms with Gasteiger partial charge in [0.2, 0.25) is 10.9 Å². The van der Waals surface area contributed by atoms with E-state index in [9.17, 15) is 20.0 Å². The fourth-order valence-corrected chi connectivity index (χ4v) is 2.54. The van der Waals surface area contributed by atoms with Crippen LogP contribution in [0.15, 0.2) is 38.5 Å². The Morgan fingerprint density at radius 3 is 1.74 bits per heavy atom. The summed E-state index contributed by atoms with van der Waals surface area (Å²) in [6, 6.07) is 5.52. The molecule has 0 atom stereocenters. The lowest BCUT2D eigenvalue weighted by Gasteiger charge is -2.18. The normalized spacial score (nSPS) is 12.0. The highest BCUT2D eigenvalue weighted by Gasteiger charge is 2.17. The van der Waals surface area contributed by atoms with Crippen LogP contribution in [0.25, 0.3) is 32.6 Å². The highest BCUT2D eigenvalue weighted by molar-refractivity contribution is 6.22. The van der Waals surface area contributed by atoms with E-state index in [4.69, 9.17) is 0 Å². The van der Waals surface area contributed by atoms with Crippen molar-refractivity contribution in [2.24, 2.45) is 0 Å². The van der Waals surface area contributed by atoms with Gasteiger partial charge in [-0.15, -0.1) is 0 Å². The first-order valence-corrected chi connectivity index (χ1v) is 5.41. The third kappa shape index (κ3) is 0.982. The third-order valence-electron chi connectivity index (χ3n) is 3.35. The van der Waals surface area contributed by atoms with Gasteiger partial charge >= 0.3 is 0 Å². The maximum Gasteiger partial charge on any atom is 0.234 e. The zero-order valence-electron chi connectivity index (χ0n) is 9.25. The Balaban J connectivity index is 2.56. The van der Waals surface area contributed by atoms with Gasteiger partial charge in [0.05, 0.1) is 11.0 Å². The van der Waals surface area contributed by atoms with Crippen LogP contribution in [0.5, 0.6) is 0 Å². The second-order valence-electron chi connectivity index (χ2n) is 4.27. The molecule has 0 saturated heterocycles. The van der Waals surface area contributed by atoms with Gasteiger partial charge < -0.3 is 15.0 Å². The first-order chi connectivity index (χ1) is 9.09. The molecule has 0 unspecified atom stereocenters. The highest BCUT2D eigenvalue weighted by atomic mass is 16.9. The third-order valence-corrected chi connectivity index (χ3v) is 3.35. The van der Waals surface area contributed by atoms with E-state index in [1.807, 2.05) is 0 Å². The van der Waals surface area contributed by atoms with Crippen LogP contribution in [0, 0.1) is 10.4 Å². The van der Waals surface area contributed by atoms with Crippen LogP contribution in [0.4, 0.5) is 0 Å². The Morgan fingerprint density at radius 1 is 0.789 bits per heavy atom. The van der Waals surface area contributed by atoms with E-state index < -0.39 is 10.9 Å². The van der Waals surface area contributed by atoms with Gasteiger partial charge in [-0.2, -0.15) is 0 Å². The molecule has 94 valence electrons. The zero-order valence-corrected chi connectivity index (χ0v) is 9.25. The van der Waals surface area contributed by atoms with E-state index in [1.54, 1.807) is 0 Å². The Hall–Kier alpha value is -2.96. The van der Waals surface area contributed by atoms with Gasteiger partial charge in [-0.05, 0) is 24.3 Å². The minimum absolute atomic E-state index is 0.0656. The van der Waals surface area contributed by atoms with Crippen molar-refractivity contribution in [3.05, 3.63) is 55.1 Å². The molecule has 0 aliphatic rings. The minimum Gasteiger partial charge on any atom is -0.460 e. The van der Waals surface area contributed by atoms with Gasteiger partial charge in [0.1, 0.15) is 0 Å². The average molecular weight is 256 g/mol. The van der Waals surface area contributed by atoms with E-state index in [1.165, 1.54) is 24.3 Å². The monoisotopic (exact) mass is 256 g/mol. The van der Waals surface area contributed by atoms with Crippen molar-refractivity contribution in [2.45, 2.75) is 0 Å². The van der Waals surface area contributed by atoms with Gasteiger partial charge in [-0.1, -0.05) is 0 Å². The first-order valence-electron chi connectivity index (χ1n) is 5.41. The van der Waals surface area contributed by atoms with Crippen LogP contribution in [-0.2, 0) is 0 Å². The Bertz CT molecular complexity index is 989. The zero-order chi connectivity index (χ0) is 13.3. The van der Waals surface area contributed by atoms with E-state index in [0.29, 0.717) is 5.39 Å². The fraction of sp³-hybridized carbons (Fsp3) is 0. The molecule has 19 heavy (non-hydrogen) atoms. The molecule has 0 amide bonds. The lowest BCUT2D eigenvalue weighted by atomic mass is 10.0. The molecule has 0 bridgehead atoms. The van der Waals surface area contributed by atoms with Crippen LogP contribution < -0.4 is 10.9 Å². The average Bonchev–Trinajstić information content (AvgIpc) is 2.65. The highest BCUT2D eigenvalue weighted by Crippen LogP contribution is 2.31. The maximum absolute atomic E-state index is 11.8. The predicted octanol–water partition coefficient (Wildman–Crippen LogP) is 1.19. The molecule has 0 spiro atoms. The summed E-state index contributed by atoms with van der Waals surface area (Å²) in [6.45, 7) is 0. The molecular weight excluding hydrogens is 252 g/mol. The quantitative estimate of drug-likeness (QED) is 0.439. The van der Waals surface area contributed by atoms with Gasteiger partial charge in [0.15, 0.2) is 0 Å². The van der Waals surface area contributed by atoms with Gasteiger partial charge in [-0.3, -0.25) is 9.59 Å². The van der Waals surface area contributed by atoms with Crippen molar-refractivity contribution >= 4 is 32.6 Å². The van der Waals surface area contributed by atoms with Gasteiger partial charge in [0, 0.05) is 21.5 Å². The molecule has 0 N–H and O–H groups in total. The molecule has 4 rings (SSSR count). The van der Waals surface area contributed by atoms with Crippen molar-refractivity contribution in [1.82, 2.24) is 9.81 Å². The number of rotatable bonds is 0. The largest absolute Gasteiger partial charge is 0.460 e. The van der Waals surface area contributed by atoms with Gasteiger partial charge in [-0.25, -0.2) is 9.81 Å². The number of nitrogens with zero attached hydrogens (tertiary/aromatic N) is 2. The molecular formula is C12H4N2O5-2. The van der Waals surface area contributed by atoms with Gasteiger partial charge in [0.25, 0.3) is 0 Å². The van der Waals surface area contributed by atoms with Crippen molar-refractivity contribution in [3.8, 4) is 0 Å². The van der Waals surface area contributed by atoms with Crippen LogP contribution >= 0.6 is 0 Å². The number of hydrogen-bond acceptors (Lipinski definition) is 5. The van der Waals surface area contributed by atoms with Crippen LogP contribution in [-0.4, -0.2) is 9.81 Å². The molecule has 1 heterocycles. The first kappa shape index (κ1) is 10.0. The lowest BCUT2D eigenvalue weighted by Crippen LogP contribution is -2.16. The molecule has 4 aromatic rings.